The van der Waals surface area contributed by atoms with Crippen LogP contribution in [0.5, 0.6) is 0 Å². The Balaban J connectivity index is 2.70. The molecular formula is C16H21N3O6. The van der Waals surface area contributed by atoms with Crippen LogP contribution in [-0.4, -0.2) is 39.9 Å². The molecule has 1 rings (SSSR count). The highest BCUT2D eigenvalue weighted by Gasteiger charge is 2.24. The number of hydrogen-bond donors (Lipinski definition) is 3. The number of nitrogens with one attached hydrogen (secondary N) is 2. The molecule has 0 heterocycles. The van der Waals surface area contributed by atoms with Crippen LogP contribution >= 0.6 is 0 Å². The molecule has 0 spiro atoms. The highest BCUT2D eigenvalue weighted by atomic mass is 16.6. The molecule has 0 aliphatic heterocycles. The first-order chi connectivity index (χ1) is 11.8. The molecule has 1 aromatic rings. The summed E-state index contributed by atoms with van der Waals surface area (Å²) < 4.78 is 0. The summed E-state index contributed by atoms with van der Waals surface area (Å²) in [5.74, 6) is -2.44. The van der Waals surface area contributed by atoms with Crippen LogP contribution in [0, 0.1) is 10.1 Å². The van der Waals surface area contributed by atoms with Gasteiger partial charge in [-0.05, 0) is 19.4 Å². The van der Waals surface area contributed by atoms with E-state index in [1.54, 1.807) is 0 Å². The van der Waals surface area contributed by atoms with Gasteiger partial charge in [-0.2, -0.15) is 0 Å². The lowest BCUT2D eigenvalue weighted by molar-refractivity contribution is -0.384. The van der Waals surface area contributed by atoms with Gasteiger partial charge in [-0.1, -0.05) is 25.8 Å². The van der Waals surface area contributed by atoms with Gasteiger partial charge in [0.15, 0.2) is 0 Å². The van der Waals surface area contributed by atoms with Crippen LogP contribution in [0.1, 0.15) is 43.5 Å². The molecule has 3 N–H and O–H groups in total. The van der Waals surface area contributed by atoms with E-state index in [2.05, 4.69) is 10.6 Å². The lowest BCUT2D eigenvalue weighted by Crippen LogP contribution is -2.50. The monoisotopic (exact) mass is 351 g/mol. The lowest BCUT2D eigenvalue weighted by Gasteiger charge is -2.18. The molecule has 136 valence electrons. The number of carbonyl (C=O) groups is 3. The molecule has 9 nitrogen and oxygen atoms in total. The van der Waals surface area contributed by atoms with Crippen LogP contribution in [0.25, 0.3) is 0 Å². The van der Waals surface area contributed by atoms with Crippen LogP contribution in [0.4, 0.5) is 5.69 Å². The van der Waals surface area contributed by atoms with Gasteiger partial charge in [-0.3, -0.25) is 19.7 Å². The van der Waals surface area contributed by atoms with Crippen molar-refractivity contribution >= 4 is 23.5 Å². The van der Waals surface area contributed by atoms with Gasteiger partial charge in [0.2, 0.25) is 5.91 Å². The number of nitro benzene ring substituents is 1. The zero-order chi connectivity index (χ0) is 19.0. The molecule has 2 atom stereocenters. The van der Waals surface area contributed by atoms with E-state index >= 15 is 0 Å². The first-order valence-electron chi connectivity index (χ1n) is 7.84. The minimum atomic E-state index is -1.14. The highest BCUT2D eigenvalue weighted by Crippen LogP contribution is 2.13. The molecule has 9 heteroatoms. The van der Waals surface area contributed by atoms with Gasteiger partial charge in [0.1, 0.15) is 12.1 Å². The van der Waals surface area contributed by atoms with Crippen LogP contribution in [0.3, 0.4) is 0 Å². The maximum absolute atomic E-state index is 12.1. The Morgan fingerprint density at radius 3 is 2.52 bits per heavy atom. The molecule has 2 amide bonds. The molecule has 0 aromatic heterocycles. The summed E-state index contributed by atoms with van der Waals surface area (Å²) in [4.78, 5) is 45.4. The van der Waals surface area contributed by atoms with Gasteiger partial charge >= 0.3 is 5.97 Å². The van der Waals surface area contributed by atoms with Crippen molar-refractivity contribution < 1.29 is 24.4 Å². The minimum absolute atomic E-state index is 0.0367. The van der Waals surface area contributed by atoms with Crippen molar-refractivity contribution in [1.82, 2.24) is 10.6 Å². The number of rotatable bonds is 9. The van der Waals surface area contributed by atoms with Crippen molar-refractivity contribution in [3.8, 4) is 0 Å². The van der Waals surface area contributed by atoms with Crippen molar-refractivity contribution in [1.29, 1.82) is 0 Å². The molecular weight excluding hydrogens is 330 g/mol. The van der Waals surface area contributed by atoms with E-state index < -0.39 is 34.8 Å². The maximum atomic E-state index is 12.1. The second-order valence-corrected chi connectivity index (χ2v) is 5.54. The zero-order valence-electron chi connectivity index (χ0n) is 14.0. The van der Waals surface area contributed by atoms with Gasteiger partial charge < -0.3 is 15.7 Å². The molecule has 0 saturated carbocycles. The third-order valence-corrected chi connectivity index (χ3v) is 3.52. The number of carboxylic acid groups (broad SMARTS) is 1. The van der Waals surface area contributed by atoms with Crippen LogP contribution in [0.15, 0.2) is 24.3 Å². The maximum Gasteiger partial charge on any atom is 0.326 e. The molecule has 0 fully saturated rings. The average molecular weight is 351 g/mol. The van der Waals surface area contributed by atoms with E-state index in [1.165, 1.54) is 25.1 Å². The van der Waals surface area contributed by atoms with Gasteiger partial charge in [0.05, 0.1) is 4.92 Å². The Morgan fingerprint density at radius 2 is 1.96 bits per heavy atom. The fourth-order valence-electron chi connectivity index (χ4n) is 2.07. The first kappa shape index (κ1) is 20.1. The SMILES string of the molecule is CCCCC(NC(=O)C(C)NC(=O)c1cccc([N+](=O)[O-])c1)C(=O)O. The standard InChI is InChI=1S/C16H21N3O6/c1-3-4-8-13(16(22)23)18-14(20)10(2)17-15(21)11-6-5-7-12(9-11)19(24)25/h5-7,9-10,13H,3-4,8H2,1-2H3,(H,17,21)(H,18,20)(H,22,23). The fraction of sp³-hybridized carbons (Fsp3) is 0.438. The number of carbonyl (C=O) groups excluding carboxylic acids is 2. The second-order valence-electron chi connectivity index (χ2n) is 5.54. The van der Waals surface area contributed by atoms with Crippen molar-refractivity contribution in [3.05, 3.63) is 39.9 Å². The van der Waals surface area contributed by atoms with Gasteiger partial charge in [-0.15, -0.1) is 0 Å². The summed E-state index contributed by atoms with van der Waals surface area (Å²) in [6, 6.07) is 3.08. The second kappa shape index (κ2) is 9.36. The number of nitrogens with zero attached hydrogens (tertiary/aromatic N) is 1. The van der Waals surface area contributed by atoms with E-state index in [4.69, 9.17) is 5.11 Å². The molecule has 25 heavy (non-hydrogen) atoms. The number of nitro groups is 1. The molecule has 0 saturated heterocycles. The number of carboxylic acids is 1. The lowest BCUT2D eigenvalue weighted by atomic mass is 10.1. The highest BCUT2D eigenvalue weighted by molar-refractivity contribution is 5.98. The van der Waals surface area contributed by atoms with E-state index in [9.17, 15) is 24.5 Å². The summed E-state index contributed by atoms with van der Waals surface area (Å²) in [5.41, 5.74) is -0.204. The topological polar surface area (TPSA) is 139 Å². The molecule has 0 bridgehead atoms. The summed E-state index contributed by atoms with van der Waals surface area (Å²) in [5, 5.41) is 24.6. The van der Waals surface area contributed by atoms with Crippen LogP contribution in [-0.2, 0) is 9.59 Å². The largest absolute Gasteiger partial charge is 0.480 e. The molecule has 2 unspecified atom stereocenters. The summed E-state index contributed by atoms with van der Waals surface area (Å²) in [6.45, 7) is 3.31. The summed E-state index contributed by atoms with van der Waals surface area (Å²) in [7, 11) is 0. The Labute approximate surface area is 144 Å². The van der Waals surface area contributed by atoms with E-state index in [0.717, 1.165) is 12.5 Å². The number of amides is 2. The zero-order valence-corrected chi connectivity index (χ0v) is 14.0. The van der Waals surface area contributed by atoms with E-state index in [0.29, 0.717) is 12.8 Å². The third-order valence-electron chi connectivity index (χ3n) is 3.52. The van der Waals surface area contributed by atoms with Gasteiger partial charge in [0, 0.05) is 17.7 Å². The molecule has 0 radical (unpaired) electrons. The first-order valence-corrected chi connectivity index (χ1v) is 7.84. The van der Waals surface area contributed by atoms with Crippen molar-refractivity contribution in [3.63, 3.8) is 0 Å². The van der Waals surface area contributed by atoms with E-state index in [1.807, 2.05) is 6.92 Å². The van der Waals surface area contributed by atoms with Crippen molar-refractivity contribution in [2.75, 3.05) is 0 Å². The van der Waals surface area contributed by atoms with E-state index in [-0.39, 0.29) is 11.3 Å². The molecule has 0 aliphatic rings. The third kappa shape index (κ3) is 6.21. The van der Waals surface area contributed by atoms with Gasteiger partial charge in [0.25, 0.3) is 11.6 Å². The Kier molecular flexibility index (Phi) is 7.51. The molecule has 0 aliphatic carbocycles. The van der Waals surface area contributed by atoms with Crippen LogP contribution in [0.2, 0.25) is 0 Å². The fourth-order valence-corrected chi connectivity index (χ4v) is 2.07. The average Bonchev–Trinajstić information content (AvgIpc) is 2.57. The van der Waals surface area contributed by atoms with Crippen molar-refractivity contribution in [2.24, 2.45) is 0 Å². The quantitative estimate of drug-likeness (QED) is 0.455. The Bertz CT molecular complexity index is 661. The Morgan fingerprint density at radius 1 is 1.28 bits per heavy atom. The number of benzene rings is 1. The van der Waals surface area contributed by atoms with Crippen LogP contribution < -0.4 is 10.6 Å². The van der Waals surface area contributed by atoms with Crippen molar-refractivity contribution in [2.45, 2.75) is 45.2 Å². The summed E-state index contributed by atoms with van der Waals surface area (Å²) in [6.07, 6.45) is 1.73. The predicted octanol–water partition coefficient (Wildman–Crippen LogP) is 1.47. The predicted molar refractivity (Wildman–Crippen MR) is 89.1 cm³/mol. The smallest absolute Gasteiger partial charge is 0.326 e. The minimum Gasteiger partial charge on any atom is -0.480 e. The number of unbranched alkanes of at least 4 members (excludes halogenated alkanes) is 1. The Hall–Kier alpha value is -2.97. The van der Waals surface area contributed by atoms with Gasteiger partial charge in [-0.25, -0.2) is 4.79 Å². The normalized spacial score (nSPS) is 12.7. The number of aliphatic carboxylic acids is 1. The summed E-state index contributed by atoms with van der Waals surface area (Å²) >= 11 is 0. The molecule has 1 aromatic carbocycles. The number of non-ortho nitro benzene ring substituents is 1. The number of hydrogen-bond acceptors (Lipinski definition) is 5.